The van der Waals surface area contributed by atoms with E-state index >= 15 is 0 Å². The summed E-state index contributed by atoms with van der Waals surface area (Å²) in [4.78, 5) is 3.72. The Morgan fingerprint density at radius 1 is 1.33 bits per heavy atom. The number of hydrogen-bond donors (Lipinski definition) is 0. The molecule has 1 heterocycles. The number of aromatic nitrogens is 2. The van der Waals surface area contributed by atoms with Crippen LogP contribution in [0.4, 0.5) is 13.2 Å². The summed E-state index contributed by atoms with van der Waals surface area (Å²) in [6.07, 6.45) is 0.581. The molecule has 0 aliphatic heterocycles. The second kappa shape index (κ2) is 8.12. The number of nitrogens with zero attached hydrogens (tertiary/aromatic N) is 2. The van der Waals surface area contributed by atoms with Crippen molar-refractivity contribution in [1.82, 2.24) is 9.55 Å². The van der Waals surface area contributed by atoms with Crippen molar-refractivity contribution in [3.05, 3.63) is 39.6 Å². The maximum atomic E-state index is 13.0. The van der Waals surface area contributed by atoms with E-state index in [4.69, 9.17) is 16.3 Å². The molecule has 3 nitrogen and oxygen atoms in total. The molecular weight excluding hydrogens is 429 g/mol. The van der Waals surface area contributed by atoms with E-state index in [1.54, 1.807) is 18.2 Å². The second-order valence-electron chi connectivity index (χ2n) is 5.27. The van der Waals surface area contributed by atoms with E-state index in [0.717, 1.165) is 16.4 Å². The fraction of sp³-hybridized carbons (Fsp3) is 0.400. The van der Waals surface area contributed by atoms with Crippen LogP contribution >= 0.6 is 27.5 Å². The third-order valence-corrected chi connectivity index (χ3v) is 4.89. The molecule has 0 radical (unpaired) electrons. The molecule has 2 rings (SSSR count). The van der Waals surface area contributed by atoms with Gasteiger partial charge in [0.05, 0.1) is 24.1 Å². The number of imidazole rings is 1. The van der Waals surface area contributed by atoms with Crippen LogP contribution in [-0.2, 0) is 28.5 Å². The Hall–Kier alpha value is -0.700. The first-order chi connectivity index (χ1) is 11.2. The number of rotatable bonds is 6. The number of halogens is 5. The lowest BCUT2D eigenvalue weighted by Crippen LogP contribution is -2.12. The smallest absolute Gasteiger partial charge is 0.356 e. The summed E-state index contributed by atoms with van der Waals surface area (Å²) in [6, 6.07) is 4.94. The Kier molecular flexibility index (Phi) is 6.64. The average molecular weight is 445 g/mol. The number of ether oxygens (including phenoxy) is 1. The molecular formula is C15H16BrClF3N2OS+. The van der Waals surface area contributed by atoms with Gasteiger partial charge in [-0.3, -0.25) is 0 Å². The van der Waals surface area contributed by atoms with Crippen LogP contribution in [0.25, 0.3) is 11.4 Å². The lowest BCUT2D eigenvalue weighted by molar-refractivity contribution is -0.141. The molecule has 0 bridgehead atoms. The standard InChI is InChI=1S/C15H16BrClF3N2OS/c1-24(2)6-5-23-9-22-8-13(15(18,19)20)21-14(22)11-4-3-10(16)7-12(11)17/h3-4,7-8H,5-6,9H2,1-2H3/q+1. The van der Waals surface area contributed by atoms with E-state index < -0.39 is 11.9 Å². The molecule has 0 spiro atoms. The van der Waals surface area contributed by atoms with Crippen LogP contribution in [0.1, 0.15) is 5.69 Å². The fourth-order valence-electron chi connectivity index (χ4n) is 1.93. The van der Waals surface area contributed by atoms with Crippen LogP contribution in [-0.4, -0.2) is 34.4 Å². The highest BCUT2D eigenvalue weighted by Crippen LogP contribution is 2.34. The zero-order chi connectivity index (χ0) is 17.9. The maximum absolute atomic E-state index is 13.0. The minimum absolute atomic E-state index is 0.0119. The summed E-state index contributed by atoms with van der Waals surface area (Å²) >= 11 is 9.43. The van der Waals surface area contributed by atoms with E-state index in [0.29, 0.717) is 17.2 Å². The van der Waals surface area contributed by atoms with Gasteiger partial charge in [0.2, 0.25) is 0 Å². The normalized spacial score (nSPS) is 12.2. The van der Waals surface area contributed by atoms with Gasteiger partial charge in [0.25, 0.3) is 0 Å². The van der Waals surface area contributed by atoms with Crippen molar-refractivity contribution in [2.75, 3.05) is 24.9 Å². The van der Waals surface area contributed by atoms with Gasteiger partial charge in [-0.1, -0.05) is 27.5 Å². The molecule has 0 fully saturated rings. The monoisotopic (exact) mass is 443 g/mol. The molecule has 1 aromatic heterocycles. The molecule has 0 unspecified atom stereocenters. The molecule has 9 heteroatoms. The quantitative estimate of drug-likeness (QED) is 0.471. The van der Waals surface area contributed by atoms with Crippen molar-refractivity contribution in [2.45, 2.75) is 12.9 Å². The van der Waals surface area contributed by atoms with E-state index in [9.17, 15) is 13.2 Å². The van der Waals surface area contributed by atoms with E-state index in [1.165, 1.54) is 4.57 Å². The minimum Gasteiger partial charge on any atom is -0.356 e. The zero-order valence-electron chi connectivity index (χ0n) is 13.0. The highest BCUT2D eigenvalue weighted by atomic mass is 79.9. The van der Waals surface area contributed by atoms with Crippen molar-refractivity contribution in [3.63, 3.8) is 0 Å². The van der Waals surface area contributed by atoms with Crippen molar-refractivity contribution in [1.29, 1.82) is 0 Å². The molecule has 24 heavy (non-hydrogen) atoms. The molecule has 0 N–H and O–H groups in total. The number of alkyl halides is 3. The Morgan fingerprint density at radius 2 is 2.04 bits per heavy atom. The molecule has 1 aromatic carbocycles. The third kappa shape index (κ3) is 5.15. The largest absolute Gasteiger partial charge is 0.434 e. The molecule has 0 saturated carbocycles. The van der Waals surface area contributed by atoms with Crippen LogP contribution in [0, 0.1) is 0 Å². The van der Waals surface area contributed by atoms with Gasteiger partial charge in [0.1, 0.15) is 18.3 Å². The van der Waals surface area contributed by atoms with Crippen LogP contribution in [0.15, 0.2) is 28.9 Å². The van der Waals surface area contributed by atoms with Crippen LogP contribution in [0.5, 0.6) is 0 Å². The molecule has 0 atom stereocenters. The van der Waals surface area contributed by atoms with Crippen molar-refractivity contribution in [3.8, 4) is 11.4 Å². The lowest BCUT2D eigenvalue weighted by Gasteiger charge is -2.09. The van der Waals surface area contributed by atoms with E-state index in [1.807, 2.05) is 0 Å². The summed E-state index contributed by atoms with van der Waals surface area (Å²) in [7, 11) is 0.214. The Morgan fingerprint density at radius 3 is 2.62 bits per heavy atom. The summed E-state index contributed by atoms with van der Waals surface area (Å²) in [6.45, 7) is 0.463. The first kappa shape index (κ1) is 19.6. The zero-order valence-corrected chi connectivity index (χ0v) is 16.2. The molecule has 0 amide bonds. The van der Waals surface area contributed by atoms with Gasteiger partial charge in [-0.2, -0.15) is 13.2 Å². The Bertz CT molecular complexity index is 707. The summed E-state index contributed by atoms with van der Waals surface area (Å²) < 4.78 is 46.6. The van der Waals surface area contributed by atoms with Crippen molar-refractivity contribution >= 4 is 38.4 Å². The van der Waals surface area contributed by atoms with Gasteiger partial charge in [-0.05, 0) is 29.1 Å². The third-order valence-electron chi connectivity index (χ3n) is 3.11. The SMILES string of the molecule is C[S+](C)CCOCn1cc(C(F)(F)F)nc1-c1ccc(Br)cc1Cl. The number of hydrogen-bond acceptors (Lipinski definition) is 2. The topological polar surface area (TPSA) is 27.1 Å². The van der Waals surface area contributed by atoms with Gasteiger partial charge < -0.3 is 9.30 Å². The maximum Gasteiger partial charge on any atom is 0.434 e. The van der Waals surface area contributed by atoms with Crippen LogP contribution < -0.4 is 0 Å². The van der Waals surface area contributed by atoms with Crippen LogP contribution in [0.2, 0.25) is 5.02 Å². The number of benzene rings is 1. The molecule has 0 saturated heterocycles. The summed E-state index contributed by atoms with van der Waals surface area (Å²) in [5, 5.41) is 0.314. The highest BCUT2D eigenvalue weighted by Gasteiger charge is 2.35. The molecule has 132 valence electrons. The van der Waals surface area contributed by atoms with E-state index in [2.05, 4.69) is 33.4 Å². The second-order valence-corrected chi connectivity index (χ2v) is 8.97. The average Bonchev–Trinajstić information content (AvgIpc) is 2.87. The van der Waals surface area contributed by atoms with Gasteiger partial charge in [-0.25, -0.2) is 4.98 Å². The first-order valence-corrected chi connectivity index (χ1v) is 10.3. The van der Waals surface area contributed by atoms with Gasteiger partial charge in [-0.15, -0.1) is 0 Å². The van der Waals surface area contributed by atoms with E-state index in [-0.39, 0.29) is 23.5 Å². The Balaban J connectivity index is 2.32. The minimum atomic E-state index is -4.53. The predicted molar refractivity (Wildman–Crippen MR) is 95.4 cm³/mol. The van der Waals surface area contributed by atoms with Gasteiger partial charge in [0, 0.05) is 16.2 Å². The van der Waals surface area contributed by atoms with Crippen LogP contribution in [0.3, 0.4) is 0 Å². The first-order valence-electron chi connectivity index (χ1n) is 6.90. The highest BCUT2D eigenvalue weighted by molar-refractivity contribution is 9.10. The van der Waals surface area contributed by atoms with Crippen molar-refractivity contribution in [2.24, 2.45) is 0 Å². The summed E-state index contributed by atoms with van der Waals surface area (Å²) in [5.74, 6) is 0.988. The summed E-state index contributed by atoms with van der Waals surface area (Å²) in [5.41, 5.74) is -0.546. The lowest BCUT2D eigenvalue weighted by atomic mass is 10.2. The molecule has 2 aromatic rings. The fourth-order valence-corrected chi connectivity index (χ4v) is 3.13. The van der Waals surface area contributed by atoms with Gasteiger partial charge >= 0.3 is 6.18 Å². The molecule has 0 aliphatic rings. The Labute approximate surface area is 154 Å². The van der Waals surface area contributed by atoms with Gasteiger partial charge in [0.15, 0.2) is 5.69 Å². The van der Waals surface area contributed by atoms with Crippen molar-refractivity contribution < 1.29 is 17.9 Å². The molecule has 0 aliphatic carbocycles. The predicted octanol–water partition coefficient (Wildman–Crippen LogP) is 4.84.